The van der Waals surface area contributed by atoms with Crippen LogP contribution in [0.4, 0.5) is 0 Å². The number of hydrogen-bond donors (Lipinski definition) is 1. The third kappa shape index (κ3) is 2.27. The summed E-state index contributed by atoms with van der Waals surface area (Å²) < 4.78 is 5.09. The predicted octanol–water partition coefficient (Wildman–Crippen LogP) is 0.329. The van der Waals surface area contributed by atoms with Crippen molar-refractivity contribution < 1.29 is 9.53 Å². The molecule has 0 aromatic rings. The first-order valence-corrected chi connectivity index (χ1v) is 4.00. The molecule has 0 heterocycles. The van der Waals surface area contributed by atoms with E-state index in [1.165, 1.54) is 0 Å². The van der Waals surface area contributed by atoms with Gasteiger partial charge in [0.1, 0.15) is 5.78 Å². The Hall–Kier alpha value is -0.410. The molecular formula is C8H15NO2. The number of ketones is 1. The maximum atomic E-state index is 10.8. The summed E-state index contributed by atoms with van der Waals surface area (Å²) in [6.45, 7) is 0.189. The highest BCUT2D eigenvalue weighted by atomic mass is 16.5. The fourth-order valence-electron chi connectivity index (χ4n) is 1.44. The fourth-order valence-corrected chi connectivity index (χ4v) is 1.44. The van der Waals surface area contributed by atoms with E-state index in [0.29, 0.717) is 18.4 Å². The minimum atomic E-state index is 0.171. The Labute approximate surface area is 66.9 Å². The van der Waals surface area contributed by atoms with Crippen molar-refractivity contribution in [1.82, 2.24) is 0 Å². The molecule has 1 aliphatic rings. The third-order valence-electron chi connectivity index (χ3n) is 2.27. The SMILES string of the molecule is COC1CC(CC(=O)CN)C1. The predicted molar refractivity (Wildman–Crippen MR) is 42.2 cm³/mol. The molecule has 3 nitrogen and oxygen atoms in total. The number of carbonyl (C=O) groups is 1. The first-order valence-electron chi connectivity index (χ1n) is 4.00. The van der Waals surface area contributed by atoms with Crippen LogP contribution >= 0.6 is 0 Å². The fraction of sp³-hybridized carbons (Fsp3) is 0.875. The van der Waals surface area contributed by atoms with Gasteiger partial charge in [-0.3, -0.25) is 4.79 Å². The third-order valence-corrected chi connectivity index (χ3v) is 2.27. The van der Waals surface area contributed by atoms with Gasteiger partial charge in [0, 0.05) is 13.5 Å². The van der Waals surface area contributed by atoms with E-state index in [1.807, 2.05) is 0 Å². The van der Waals surface area contributed by atoms with Gasteiger partial charge in [0.25, 0.3) is 0 Å². The first-order chi connectivity index (χ1) is 5.26. The zero-order valence-electron chi connectivity index (χ0n) is 6.88. The number of Topliss-reactive ketones (excluding diaryl/α,β-unsaturated/α-hetero) is 1. The average molecular weight is 157 g/mol. The molecule has 0 amide bonds. The second kappa shape index (κ2) is 3.83. The van der Waals surface area contributed by atoms with Crippen LogP contribution in [-0.4, -0.2) is 25.5 Å². The van der Waals surface area contributed by atoms with E-state index in [0.717, 1.165) is 12.8 Å². The molecule has 0 aliphatic heterocycles. The van der Waals surface area contributed by atoms with Gasteiger partial charge in [0.15, 0.2) is 0 Å². The van der Waals surface area contributed by atoms with E-state index in [2.05, 4.69) is 0 Å². The first kappa shape index (κ1) is 8.68. The maximum absolute atomic E-state index is 10.8. The number of ether oxygens (including phenoxy) is 1. The van der Waals surface area contributed by atoms with Crippen LogP contribution < -0.4 is 5.73 Å². The molecule has 0 spiro atoms. The lowest BCUT2D eigenvalue weighted by Crippen LogP contribution is -2.33. The lowest BCUT2D eigenvalue weighted by molar-refractivity contribution is -0.120. The Morgan fingerprint density at radius 1 is 1.64 bits per heavy atom. The molecule has 2 N–H and O–H groups in total. The summed E-state index contributed by atoms with van der Waals surface area (Å²) in [7, 11) is 1.71. The van der Waals surface area contributed by atoms with E-state index < -0.39 is 0 Å². The Morgan fingerprint density at radius 3 is 2.73 bits per heavy atom. The van der Waals surface area contributed by atoms with Crippen LogP contribution in [-0.2, 0) is 9.53 Å². The number of methoxy groups -OCH3 is 1. The van der Waals surface area contributed by atoms with Crippen molar-refractivity contribution in [3.05, 3.63) is 0 Å². The molecule has 11 heavy (non-hydrogen) atoms. The summed E-state index contributed by atoms with van der Waals surface area (Å²) in [5, 5.41) is 0. The van der Waals surface area contributed by atoms with Crippen LogP contribution in [0.2, 0.25) is 0 Å². The van der Waals surface area contributed by atoms with Crippen LogP contribution in [0.5, 0.6) is 0 Å². The molecule has 0 unspecified atom stereocenters. The van der Waals surface area contributed by atoms with Crippen molar-refractivity contribution >= 4 is 5.78 Å². The summed E-state index contributed by atoms with van der Waals surface area (Å²) in [5.74, 6) is 0.709. The lowest BCUT2D eigenvalue weighted by atomic mass is 9.79. The molecule has 1 aliphatic carbocycles. The van der Waals surface area contributed by atoms with E-state index in [4.69, 9.17) is 10.5 Å². The number of carbonyl (C=O) groups excluding carboxylic acids is 1. The van der Waals surface area contributed by atoms with E-state index >= 15 is 0 Å². The molecule has 0 saturated heterocycles. The molecule has 0 radical (unpaired) electrons. The normalized spacial score (nSPS) is 29.6. The number of nitrogens with two attached hydrogens (primary N) is 1. The Kier molecular flexibility index (Phi) is 3.02. The summed E-state index contributed by atoms with van der Waals surface area (Å²) in [4.78, 5) is 10.8. The Morgan fingerprint density at radius 2 is 2.27 bits per heavy atom. The quantitative estimate of drug-likeness (QED) is 0.639. The highest BCUT2D eigenvalue weighted by Gasteiger charge is 2.29. The smallest absolute Gasteiger partial charge is 0.146 e. The van der Waals surface area contributed by atoms with Gasteiger partial charge in [0.05, 0.1) is 12.6 Å². The van der Waals surface area contributed by atoms with Crippen molar-refractivity contribution in [3.63, 3.8) is 0 Å². The highest BCUT2D eigenvalue weighted by molar-refractivity contribution is 5.80. The van der Waals surface area contributed by atoms with Gasteiger partial charge in [-0.1, -0.05) is 0 Å². The van der Waals surface area contributed by atoms with Crippen molar-refractivity contribution in [3.8, 4) is 0 Å². The molecule has 3 heteroatoms. The Balaban J connectivity index is 2.08. The highest BCUT2D eigenvalue weighted by Crippen LogP contribution is 2.32. The van der Waals surface area contributed by atoms with Gasteiger partial charge >= 0.3 is 0 Å². The zero-order valence-corrected chi connectivity index (χ0v) is 6.88. The second-order valence-electron chi connectivity index (χ2n) is 3.14. The summed E-state index contributed by atoms with van der Waals surface area (Å²) in [6, 6.07) is 0. The summed E-state index contributed by atoms with van der Waals surface area (Å²) in [6.07, 6.45) is 3.10. The molecule has 0 aromatic heterocycles. The lowest BCUT2D eigenvalue weighted by Gasteiger charge is -2.33. The molecule has 1 saturated carbocycles. The number of hydrogen-bond acceptors (Lipinski definition) is 3. The van der Waals surface area contributed by atoms with Crippen LogP contribution in [0.25, 0.3) is 0 Å². The van der Waals surface area contributed by atoms with Gasteiger partial charge < -0.3 is 10.5 Å². The van der Waals surface area contributed by atoms with Crippen LogP contribution in [0, 0.1) is 5.92 Å². The minimum Gasteiger partial charge on any atom is -0.381 e. The van der Waals surface area contributed by atoms with Crippen molar-refractivity contribution in [2.45, 2.75) is 25.4 Å². The zero-order chi connectivity index (χ0) is 8.27. The van der Waals surface area contributed by atoms with Gasteiger partial charge in [-0.25, -0.2) is 0 Å². The molecule has 0 atom stereocenters. The standard InChI is InChI=1S/C8H15NO2/c1-11-8-3-6(4-8)2-7(10)5-9/h6,8H,2-5,9H2,1H3. The van der Waals surface area contributed by atoms with Crippen molar-refractivity contribution in [1.29, 1.82) is 0 Å². The van der Waals surface area contributed by atoms with Gasteiger partial charge in [-0.05, 0) is 18.8 Å². The minimum absolute atomic E-state index is 0.171. The van der Waals surface area contributed by atoms with Crippen molar-refractivity contribution in [2.75, 3.05) is 13.7 Å². The van der Waals surface area contributed by atoms with Gasteiger partial charge in [0.2, 0.25) is 0 Å². The molecule has 0 aromatic carbocycles. The van der Waals surface area contributed by atoms with E-state index in [-0.39, 0.29) is 12.3 Å². The van der Waals surface area contributed by atoms with E-state index in [9.17, 15) is 4.79 Å². The topological polar surface area (TPSA) is 52.3 Å². The largest absolute Gasteiger partial charge is 0.381 e. The van der Waals surface area contributed by atoms with Gasteiger partial charge in [-0.2, -0.15) is 0 Å². The molecular weight excluding hydrogens is 142 g/mol. The van der Waals surface area contributed by atoms with Crippen LogP contribution in [0.1, 0.15) is 19.3 Å². The number of rotatable bonds is 4. The summed E-state index contributed by atoms with van der Waals surface area (Å²) >= 11 is 0. The van der Waals surface area contributed by atoms with E-state index in [1.54, 1.807) is 7.11 Å². The maximum Gasteiger partial charge on any atom is 0.146 e. The van der Waals surface area contributed by atoms with Crippen LogP contribution in [0.15, 0.2) is 0 Å². The second-order valence-corrected chi connectivity index (χ2v) is 3.14. The van der Waals surface area contributed by atoms with Crippen LogP contribution in [0.3, 0.4) is 0 Å². The van der Waals surface area contributed by atoms with Gasteiger partial charge in [-0.15, -0.1) is 0 Å². The molecule has 1 rings (SSSR count). The molecule has 0 bridgehead atoms. The Bertz CT molecular complexity index is 141. The monoisotopic (exact) mass is 157 g/mol. The van der Waals surface area contributed by atoms with Crippen molar-refractivity contribution in [2.24, 2.45) is 11.7 Å². The molecule has 64 valence electrons. The molecule has 1 fully saturated rings. The average Bonchev–Trinajstić information content (AvgIpc) is 1.95. The summed E-state index contributed by atoms with van der Waals surface area (Å²) in [5.41, 5.74) is 5.19.